The van der Waals surface area contributed by atoms with E-state index in [0.29, 0.717) is 6.00 Å². The third kappa shape index (κ3) is 2.19. The van der Waals surface area contributed by atoms with Gasteiger partial charge in [-0.1, -0.05) is 0 Å². The van der Waals surface area contributed by atoms with Crippen LogP contribution >= 0.6 is 11.6 Å². The molecule has 0 saturated carbocycles. The van der Waals surface area contributed by atoms with Crippen molar-refractivity contribution in [1.29, 1.82) is 0 Å². The van der Waals surface area contributed by atoms with Crippen molar-refractivity contribution in [3.63, 3.8) is 0 Å². The number of halogens is 1. The minimum Gasteiger partial charge on any atom is -0.496 e. The number of anilines is 1. The van der Waals surface area contributed by atoms with Gasteiger partial charge in [-0.15, -0.1) is 11.6 Å². The Balaban J connectivity index is 3.40. The number of ether oxygens (including phenoxy) is 2. The molecule has 16 heavy (non-hydrogen) atoms. The monoisotopic (exact) mass is 243 g/mol. The number of alkyl halides is 1. The summed E-state index contributed by atoms with van der Waals surface area (Å²) in [4.78, 5) is 1.91. The molecule has 0 heterocycles. The third-order valence-corrected chi connectivity index (χ3v) is 3.15. The second kappa shape index (κ2) is 5.30. The highest BCUT2D eigenvalue weighted by molar-refractivity contribution is 6.19. The largest absolute Gasteiger partial charge is 0.496 e. The zero-order valence-electron chi connectivity index (χ0n) is 10.4. The smallest absolute Gasteiger partial charge is 0.145 e. The van der Waals surface area contributed by atoms with Gasteiger partial charge in [-0.25, -0.2) is 0 Å². The van der Waals surface area contributed by atoms with E-state index in [1.54, 1.807) is 14.2 Å². The minimum atomic E-state index is 0.405. The third-order valence-electron chi connectivity index (χ3n) is 2.79. The summed E-state index contributed by atoms with van der Waals surface area (Å²) in [6.07, 6.45) is 0. The van der Waals surface area contributed by atoms with Crippen LogP contribution in [0.25, 0.3) is 0 Å². The molecule has 90 valence electrons. The van der Waals surface area contributed by atoms with Gasteiger partial charge in [0.15, 0.2) is 0 Å². The van der Waals surface area contributed by atoms with Crippen LogP contribution < -0.4 is 14.4 Å². The standard InChI is InChI=1S/C12H18ClNO2/c1-8-9(2)12(16-5)10(14(3)7-13)6-11(8)15-4/h6H,7H2,1-5H3. The Bertz CT molecular complexity index is 380. The summed E-state index contributed by atoms with van der Waals surface area (Å²) in [5.41, 5.74) is 3.11. The summed E-state index contributed by atoms with van der Waals surface area (Å²) in [6, 6.07) is 2.35. The maximum atomic E-state index is 5.83. The van der Waals surface area contributed by atoms with Crippen molar-refractivity contribution in [1.82, 2.24) is 0 Å². The first-order valence-electron chi connectivity index (χ1n) is 5.06. The number of hydrogen-bond acceptors (Lipinski definition) is 3. The normalized spacial score (nSPS) is 10.1. The van der Waals surface area contributed by atoms with Crippen LogP contribution in [0.5, 0.6) is 11.5 Å². The van der Waals surface area contributed by atoms with Gasteiger partial charge in [-0.3, -0.25) is 0 Å². The van der Waals surface area contributed by atoms with Crippen molar-refractivity contribution < 1.29 is 9.47 Å². The summed E-state index contributed by atoms with van der Waals surface area (Å²) >= 11 is 5.83. The van der Waals surface area contributed by atoms with E-state index in [9.17, 15) is 0 Å². The van der Waals surface area contributed by atoms with E-state index in [-0.39, 0.29) is 0 Å². The maximum absolute atomic E-state index is 5.83. The molecule has 0 spiro atoms. The summed E-state index contributed by atoms with van der Waals surface area (Å²) in [5, 5.41) is 0. The number of rotatable bonds is 4. The fourth-order valence-electron chi connectivity index (χ4n) is 1.66. The molecule has 0 aliphatic carbocycles. The Morgan fingerprint density at radius 1 is 1.19 bits per heavy atom. The molecule has 0 atom stereocenters. The van der Waals surface area contributed by atoms with Crippen LogP contribution in [0.4, 0.5) is 5.69 Å². The second-order valence-corrected chi connectivity index (χ2v) is 3.94. The SMILES string of the molecule is COc1cc(N(C)CCl)c(OC)c(C)c1C. The zero-order valence-corrected chi connectivity index (χ0v) is 11.2. The fourth-order valence-corrected chi connectivity index (χ4v) is 1.79. The average Bonchev–Trinajstić information content (AvgIpc) is 2.31. The average molecular weight is 244 g/mol. The van der Waals surface area contributed by atoms with Crippen LogP contribution in [-0.2, 0) is 0 Å². The molecule has 1 aromatic carbocycles. The number of hydrogen-bond donors (Lipinski definition) is 0. The first kappa shape index (κ1) is 13.0. The van der Waals surface area contributed by atoms with Gasteiger partial charge in [-0.05, 0) is 25.0 Å². The van der Waals surface area contributed by atoms with Gasteiger partial charge < -0.3 is 14.4 Å². The highest BCUT2D eigenvalue weighted by Gasteiger charge is 2.16. The van der Waals surface area contributed by atoms with Gasteiger partial charge in [0.25, 0.3) is 0 Å². The van der Waals surface area contributed by atoms with E-state index < -0.39 is 0 Å². The molecule has 4 heteroatoms. The molecule has 0 fully saturated rings. The molecule has 0 aliphatic heterocycles. The molecule has 0 amide bonds. The predicted molar refractivity (Wildman–Crippen MR) is 68.1 cm³/mol. The van der Waals surface area contributed by atoms with Gasteiger partial charge in [0.05, 0.1) is 25.9 Å². The lowest BCUT2D eigenvalue weighted by Crippen LogP contribution is -2.16. The van der Waals surface area contributed by atoms with Gasteiger partial charge in [0.1, 0.15) is 11.5 Å². The number of nitrogens with zero attached hydrogens (tertiary/aromatic N) is 1. The lowest BCUT2D eigenvalue weighted by Gasteiger charge is -2.22. The van der Waals surface area contributed by atoms with Crippen LogP contribution in [0.15, 0.2) is 6.07 Å². The van der Waals surface area contributed by atoms with Crippen molar-refractivity contribution in [2.75, 3.05) is 32.2 Å². The molecular formula is C12H18ClNO2. The first-order chi connectivity index (χ1) is 7.56. The second-order valence-electron chi connectivity index (χ2n) is 3.70. The molecule has 0 aromatic heterocycles. The van der Waals surface area contributed by atoms with Crippen molar-refractivity contribution in [3.8, 4) is 11.5 Å². The van der Waals surface area contributed by atoms with Gasteiger partial charge >= 0.3 is 0 Å². The number of methoxy groups -OCH3 is 2. The van der Waals surface area contributed by atoms with Gasteiger partial charge in [0.2, 0.25) is 0 Å². The molecule has 0 radical (unpaired) electrons. The molecule has 0 N–H and O–H groups in total. The van der Waals surface area contributed by atoms with Crippen LogP contribution in [-0.4, -0.2) is 27.3 Å². The van der Waals surface area contributed by atoms with E-state index in [1.807, 2.05) is 31.9 Å². The molecule has 0 unspecified atom stereocenters. The van der Waals surface area contributed by atoms with E-state index in [4.69, 9.17) is 21.1 Å². The molecule has 3 nitrogen and oxygen atoms in total. The molecule has 1 rings (SSSR count). The van der Waals surface area contributed by atoms with Crippen LogP contribution in [0.1, 0.15) is 11.1 Å². The first-order valence-corrected chi connectivity index (χ1v) is 5.59. The van der Waals surface area contributed by atoms with Crippen molar-refractivity contribution in [2.45, 2.75) is 13.8 Å². The summed E-state index contributed by atoms with van der Waals surface area (Å²) < 4.78 is 10.8. The van der Waals surface area contributed by atoms with E-state index in [2.05, 4.69) is 0 Å². The molecule has 1 aromatic rings. The number of benzene rings is 1. The van der Waals surface area contributed by atoms with Crippen LogP contribution in [0, 0.1) is 13.8 Å². The minimum absolute atomic E-state index is 0.405. The Hall–Kier alpha value is -1.09. The van der Waals surface area contributed by atoms with Crippen molar-refractivity contribution in [3.05, 3.63) is 17.2 Å². The maximum Gasteiger partial charge on any atom is 0.145 e. The van der Waals surface area contributed by atoms with Crippen molar-refractivity contribution in [2.24, 2.45) is 0 Å². The Labute approximate surface area is 102 Å². The Morgan fingerprint density at radius 3 is 2.25 bits per heavy atom. The van der Waals surface area contributed by atoms with Crippen molar-refractivity contribution >= 4 is 17.3 Å². The van der Waals surface area contributed by atoms with E-state index >= 15 is 0 Å². The molecule has 0 aliphatic rings. The Morgan fingerprint density at radius 2 is 1.81 bits per heavy atom. The topological polar surface area (TPSA) is 21.7 Å². The van der Waals surface area contributed by atoms with Crippen LogP contribution in [0.2, 0.25) is 0 Å². The lowest BCUT2D eigenvalue weighted by molar-refractivity contribution is 0.398. The summed E-state index contributed by atoms with van der Waals surface area (Å²) in [7, 11) is 5.25. The van der Waals surface area contributed by atoms with Gasteiger partial charge in [0, 0.05) is 13.1 Å². The highest BCUT2D eigenvalue weighted by Crippen LogP contribution is 2.38. The van der Waals surface area contributed by atoms with Gasteiger partial charge in [-0.2, -0.15) is 0 Å². The Kier molecular flexibility index (Phi) is 4.30. The van der Waals surface area contributed by atoms with E-state index in [0.717, 1.165) is 28.3 Å². The highest BCUT2D eigenvalue weighted by atomic mass is 35.5. The molecule has 0 saturated heterocycles. The molecular weight excluding hydrogens is 226 g/mol. The lowest BCUT2D eigenvalue weighted by atomic mass is 10.1. The summed E-state index contributed by atoms with van der Waals surface area (Å²) in [5.74, 6) is 1.70. The quantitative estimate of drug-likeness (QED) is 0.600. The van der Waals surface area contributed by atoms with Crippen LogP contribution in [0.3, 0.4) is 0 Å². The zero-order chi connectivity index (χ0) is 12.3. The van der Waals surface area contributed by atoms with E-state index in [1.165, 1.54) is 0 Å². The fraction of sp³-hybridized carbons (Fsp3) is 0.500. The summed E-state index contributed by atoms with van der Waals surface area (Å²) in [6.45, 7) is 4.03. The molecule has 0 bridgehead atoms. The predicted octanol–water partition coefficient (Wildman–Crippen LogP) is 2.95.